The van der Waals surface area contributed by atoms with Gasteiger partial charge in [0, 0.05) is 12.6 Å². The van der Waals surface area contributed by atoms with Gasteiger partial charge >= 0.3 is 0 Å². The summed E-state index contributed by atoms with van der Waals surface area (Å²) in [6.07, 6.45) is 2.23. The van der Waals surface area contributed by atoms with Crippen LogP contribution in [0, 0.1) is 0 Å². The zero-order valence-corrected chi connectivity index (χ0v) is 14.9. The number of aromatic amines is 1. The van der Waals surface area contributed by atoms with E-state index in [9.17, 15) is 4.79 Å². The van der Waals surface area contributed by atoms with Crippen LogP contribution in [-0.2, 0) is 6.54 Å². The second-order valence-corrected chi connectivity index (χ2v) is 6.66. The number of nitrogens with one attached hydrogen (secondary N) is 1. The summed E-state index contributed by atoms with van der Waals surface area (Å²) in [4.78, 5) is 22.3. The van der Waals surface area contributed by atoms with Gasteiger partial charge in [-0.25, -0.2) is 4.98 Å². The zero-order valence-electron chi connectivity index (χ0n) is 14.9. The van der Waals surface area contributed by atoms with Crippen LogP contribution in [0.2, 0.25) is 0 Å². The highest BCUT2D eigenvalue weighted by Crippen LogP contribution is 2.33. The summed E-state index contributed by atoms with van der Waals surface area (Å²) in [5, 5.41) is 0. The monoisotopic (exact) mass is 349 g/mol. The minimum absolute atomic E-state index is 0.0963. The first-order chi connectivity index (χ1) is 12.7. The first-order valence-corrected chi connectivity index (χ1v) is 9.19. The van der Waals surface area contributed by atoms with Crippen molar-refractivity contribution in [1.29, 1.82) is 0 Å². The van der Waals surface area contributed by atoms with E-state index >= 15 is 0 Å². The van der Waals surface area contributed by atoms with Gasteiger partial charge in [0.1, 0.15) is 11.4 Å². The Labute approximate surface area is 152 Å². The molecule has 1 aromatic heterocycles. The van der Waals surface area contributed by atoms with Gasteiger partial charge in [0.15, 0.2) is 0 Å². The molecular weight excluding hydrogens is 326 g/mol. The van der Waals surface area contributed by atoms with E-state index in [2.05, 4.69) is 27.0 Å². The molecule has 0 amide bonds. The molecular formula is C21H23N3O2. The Morgan fingerprint density at radius 1 is 1.19 bits per heavy atom. The number of para-hydroxylation sites is 2. The normalized spacial score (nSPS) is 17.7. The summed E-state index contributed by atoms with van der Waals surface area (Å²) in [5.41, 5.74) is 3.37. The van der Waals surface area contributed by atoms with E-state index < -0.39 is 0 Å². The third-order valence-corrected chi connectivity index (χ3v) is 4.96. The van der Waals surface area contributed by atoms with Crippen LogP contribution in [0.3, 0.4) is 0 Å². The number of likely N-dealkylation sites (tertiary alicyclic amines) is 1. The molecule has 1 N–H and O–H groups in total. The zero-order chi connectivity index (χ0) is 17.9. The number of benzene rings is 2. The molecule has 134 valence electrons. The van der Waals surface area contributed by atoms with Crippen molar-refractivity contribution in [1.82, 2.24) is 14.9 Å². The summed E-state index contributed by atoms with van der Waals surface area (Å²) in [7, 11) is 0. The minimum atomic E-state index is -0.0963. The number of nitrogens with zero attached hydrogens (tertiary/aromatic N) is 2. The summed E-state index contributed by atoms with van der Waals surface area (Å²) >= 11 is 0. The largest absolute Gasteiger partial charge is 0.494 e. The van der Waals surface area contributed by atoms with Crippen LogP contribution in [-0.4, -0.2) is 28.0 Å². The van der Waals surface area contributed by atoms with Gasteiger partial charge in [-0.2, -0.15) is 0 Å². The van der Waals surface area contributed by atoms with Crippen molar-refractivity contribution in [2.24, 2.45) is 0 Å². The van der Waals surface area contributed by atoms with Crippen molar-refractivity contribution in [3.63, 3.8) is 0 Å². The number of H-pyrrole nitrogens is 1. The Morgan fingerprint density at radius 3 is 2.81 bits per heavy atom. The maximum atomic E-state index is 12.4. The van der Waals surface area contributed by atoms with Crippen LogP contribution >= 0.6 is 0 Å². The molecule has 0 bridgehead atoms. The predicted molar refractivity (Wildman–Crippen MR) is 102 cm³/mol. The fourth-order valence-electron chi connectivity index (χ4n) is 3.71. The summed E-state index contributed by atoms with van der Waals surface area (Å²) < 4.78 is 5.53. The van der Waals surface area contributed by atoms with Crippen molar-refractivity contribution >= 4 is 11.0 Å². The summed E-state index contributed by atoms with van der Waals surface area (Å²) in [6, 6.07) is 16.3. The topological polar surface area (TPSA) is 58.2 Å². The van der Waals surface area contributed by atoms with Gasteiger partial charge in [-0.05, 0) is 56.1 Å². The van der Waals surface area contributed by atoms with Crippen molar-refractivity contribution in [2.75, 3.05) is 13.2 Å². The second-order valence-electron chi connectivity index (χ2n) is 6.66. The van der Waals surface area contributed by atoms with Crippen molar-refractivity contribution in [3.05, 3.63) is 70.1 Å². The van der Waals surface area contributed by atoms with E-state index in [0.29, 0.717) is 24.9 Å². The molecule has 26 heavy (non-hydrogen) atoms. The number of aromatic nitrogens is 2. The fourth-order valence-corrected chi connectivity index (χ4v) is 3.71. The second kappa shape index (κ2) is 7.30. The molecule has 2 aromatic carbocycles. The van der Waals surface area contributed by atoms with Crippen LogP contribution < -0.4 is 10.3 Å². The maximum absolute atomic E-state index is 12.4. The standard InChI is InChI=1S/C21H23N3O2/c1-2-26-16-11-9-15(10-12-16)20-8-5-13-24(20)14-19-21(25)23-18-7-4-3-6-17(18)22-19/h3-4,6-7,9-12,20H,2,5,8,13-14H2,1H3,(H,23,25). The van der Waals surface area contributed by atoms with Gasteiger partial charge in [-0.3, -0.25) is 9.69 Å². The van der Waals surface area contributed by atoms with Crippen molar-refractivity contribution in [2.45, 2.75) is 32.4 Å². The number of hydrogen-bond acceptors (Lipinski definition) is 4. The maximum Gasteiger partial charge on any atom is 0.271 e. The van der Waals surface area contributed by atoms with E-state index in [4.69, 9.17) is 4.74 Å². The average Bonchev–Trinajstić information content (AvgIpc) is 3.11. The van der Waals surface area contributed by atoms with Gasteiger partial charge < -0.3 is 9.72 Å². The SMILES string of the molecule is CCOc1ccc(C2CCCN2Cc2nc3ccccc3[nH]c2=O)cc1. The van der Waals surface area contributed by atoms with Crippen LogP contribution in [0.15, 0.2) is 53.3 Å². The molecule has 1 fully saturated rings. The molecule has 0 radical (unpaired) electrons. The first kappa shape index (κ1) is 16.8. The predicted octanol–water partition coefficient (Wildman–Crippen LogP) is 3.66. The average molecular weight is 349 g/mol. The van der Waals surface area contributed by atoms with Gasteiger partial charge in [-0.1, -0.05) is 24.3 Å². The molecule has 4 rings (SSSR count). The third kappa shape index (κ3) is 3.35. The molecule has 5 heteroatoms. The van der Waals surface area contributed by atoms with Crippen LogP contribution in [0.5, 0.6) is 5.75 Å². The van der Waals surface area contributed by atoms with E-state index in [1.165, 1.54) is 5.56 Å². The van der Waals surface area contributed by atoms with E-state index in [-0.39, 0.29) is 5.56 Å². The van der Waals surface area contributed by atoms with Crippen LogP contribution in [0.25, 0.3) is 11.0 Å². The Balaban J connectivity index is 1.57. The molecule has 3 aromatic rings. The minimum Gasteiger partial charge on any atom is -0.494 e. The molecule has 1 unspecified atom stereocenters. The molecule has 0 saturated carbocycles. The van der Waals surface area contributed by atoms with Crippen LogP contribution in [0.4, 0.5) is 0 Å². The Morgan fingerprint density at radius 2 is 2.00 bits per heavy atom. The lowest BCUT2D eigenvalue weighted by atomic mass is 10.0. The van der Waals surface area contributed by atoms with Gasteiger partial charge in [0.2, 0.25) is 0 Å². The Hall–Kier alpha value is -2.66. The molecule has 1 aliphatic heterocycles. The molecule has 0 spiro atoms. The number of fused-ring (bicyclic) bond motifs is 1. The smallest absolute Gasteiger partial charge is 0.271 e. The number of ether oxygens (including phenoxy) is 1. The quantitative estimate of drug-likeness (QED) is 0.764. The van der Waals surface area contributed by atoms with E-state index in [0.717, 1.165) is 36.2 Å². The summed E-state index contributed by atoms with van der Waals surface area (Å²) in [5.74, 6) is 0.897. The van der Waals surface area contributed by atoms with Crippen LogP contribution in [0.1, 0.15) is 37.1 Å². The van der Waals surface area contributed by atoms with Gasteiger partial charge in [0.05, 0.1) is 17.6 Å². The van der Waals surface area contributed by atoms with Crippen molar-refractivity contribution in [3.8, 4) is 5.75 Å². The number of rotatable bonds is 5. The molecule has 1 saturated heterocycles. The molecule has 1 aliphatic rings. The fraction of sp³-hybridized carbons (Fsp3) is 0.333. The molecule has 0 aliphatic carbocycles. The molecule has 1 atom stereocenters. The molecule has 5 nitrogen and oxygen atoms in total. The Kier molecular flexibility index (Phi) is 4.71. The lowest BCUT2D eigenvalue weighted by Crippen LogP contribution is -2.28. The van der Waals surface area contributed by atoms with Crippen molar-refractivity contribution < 1.29 is 4.74 Å². The van der Waals surface area contributed by atoms with E-state index in [1.54, 1.807) is 0 Å². The van der Waals surface area contributed by atoms with E-state index in [1.807, 2.05) is 43.3 Å². The van der Waals surface area contributed by atoms with Gasteiger partial charge in [0.25, 0.3) is 5.56 Å². The Bertz CT molecular complexity index is 949. The highest BCUT2D eigenvalue weighted by atomic mass is 16.5. The highest BCUT2D eigenvalue weighted by Gasteiger charge is 2.27. The lowest BCUT2D eigenvalue weighted by Gasteiger charge is -2.24. The molecule has 2 heterocycles. The lowest BCUT2D eigenvalue weighted by molar-refractivity contribution is 0.244. The summed E-state index contributed by atoms with van der Waals surface area (Å²) in [6.45, 7) is 4.20. The van der Waals surface area contributed by atoms with Gasteiger partial charge in [-0.15, -0.1) is 0 Å². The number of hydrogen-bond donors (Lipinski definition) is 1. The third-order valence-electron chi connectivity index (χ3n) is 4.96. The highest BCUT2D eigenvalue weighted by molar-refractivity contribution is 5.73. The first-order valence-electron chi connectivity index (χ1n) is 9.19.